The number of carbonyl (C=O) groups excluding carboxylic acids is 1. The topological polar surface area (TPSA) is 77.1 Å². The van der Waals surface area contributed by atoms with Crippen LogP contribution >= 0.6 is 23.2 Å². The van der Waals surface area contributed by atoms with Gasteiger partial charge in [-0.1, -0.05) is 35.3 Å². The zero-order valence-electron chi connectivity index (χ0n) is 16.1. The average Bonchev–Trinajstić information content (AvgIpc) is 3.20. The first-order valence-corrected chi connectivity index (χ1v) is 9.59. The molecular formula is C19H21Cl2N5O2. The van der Waals surface area contributed by atoms with E-state index in [0.717, 1.165) is 5.69 Å². The molecule has 7 nitrogen and oxygen atoms in total. The van der Waals surface area contributed by atoms with Crippen LogP contribution in [0.15, 0.2) is 28.7 Å². The molecule has 0 saturated carbocycles. The number of amides is 1. The Morgan fingerprint density at radius 1 is 1.21 bits per heavy atom. The summed E-state index contributed by atoms with van der Waals surface area (Å²) in [6.45, 7) is 7.79. The molecule has 2 heterocycles. The summed E-state index contributed by atoms with van der Waals surface area (Å²) in [5, 5.41) is 13.5. The maximum Gasteiger partial charge on any atom is 0.249 e. The minimum atomic E-state index is -0.116. The van der Waals surface area contributed by atoms with Gasteiger partial charge >= 0.3 is 0 Å². The summed E-state index contributed by atoms with van der Waals surface area (Å²) in [7, 11) is 0. The molecule has 0 aliphatic rings. The summed E-state index contributed by atoms with van der Waals surface area (Å²) >= 11 is 12.4. The van der Waals surface area contributed by atoms with Crippen molar-refractivity contribution >= 4 is 29.1 Å². The molecule has 1 aromatic carbocycles. The number of rotatable bonds is 6. The van der Waals surface area contributed by atoms with Gasteiger partial charge in [-0.15, -0.1) is 10.2 Å². The number of benzene rings is 1. The summed E-state index contributed by atoms with van der Waals surface area (Å²) in [5.74, 6) is 0.542. The minimum Gasteiger partial charge on any atom is -0.419 e. The fourth-order valence-electron chi connectivity index (χ4n) is 2.81. The fourth-order valence-corrected chi connectivity index (χ4v) is 3.17. The average molecular weight is 422 g/mol. The molecule has 0 saturated heterocycles. The third-order valence-electron chi connectivity index (χ3n) is 4.40. The van der Waals surface area contributed by atoms with E-state index >= 15 is 0 Å². The van der Waals surface area contributed by atoms with Crippen LogP contribution < -0.4 is 0 Å². The van der Waals surface area contributed by atoms with Crippen LogP contribution in [0.25, 0.3) is 11.5 Å². The van der Waals surface area contributed by atoms with Crippen LogP contribution in [0.5, 0.6) is 0 Å². The molecule has 0 aliphatic heterocycles. The van der Waals surface area contributed by atoms with Crippen LogP contribution in [0.1, 0.15) is 31.1 Å². The van der Waals surface area contributed by atoms with Gasteiger partial charge in [0.2, 0.25) is 17.7 Å². The highest BCUT2D eigenvalue weighted by Gasteiger charge is 2.23. The van der Waals surface area contributed by atoms with Crippen LogP contribution in [-0.2, 0) is 17.9 Å². The van der Waals surface area contributed by atoms with Gasteiger partial charge in [0.05, 0.1) is 33.5 Å². The van der Waals surface area contributed by atoms with Crippen molar-refractivity contribution in [3.05, 3.63) is 51.6 Å². The first-order chi connectivity index (χ1) is 13.3. The molecule has 0 fully saturated rings. The van der Waals surface area contributed by atoms with E-state index in [1.165, 1.54) is 0 Å². The number of aryl methyl sites for hydroxylation is 1. The van der Waals surface area contributed by atoms with E-state index in [-0.39, 0.29) is 25.0 Å². The van der Waals surface area contributed by atoms with E-state index in [4.69, 9.17) is 27.6 Å². The van der Waals surface area contributed by atoms with Crippen molar-refractivity contribution < 1.29 is 9.21 Å². The standard InChI is InChI=1S/C19H21Cl2N5O2/c1-11(2)25(17(27)10-26-13(4)18(21)12(3)24-26)9-16-22-23-19(28-16)14-7-5-6-8-15(14)20/h5-8,11H,9-10H2,1-4H3. The molecule has 1 amide bonds. The lowest BCUT2D eigenvalue weighted by Gasteiger charge is -2.25. The largest absolute Gasteiger partial charge is 0.419 e. The lowest BCUT2D eigenvalue weighted by molar-refractivity contribution is -0.134. The van der Waals surface area contributed by atoms with Crippen molar-refractivity contribution in [1.82, 2.24) is 24.9 Å². The third-order valence-corrected chi connectivity index (χ3v) is 5.28. The predicted octanol–water partition coefficient (Wildman–Crippen LogP) is 4.29. The maximum absolute atomic E-state index is 12.9. The van der Waals surface area contributed by atoms with E-state index in [9.17, 15) is 4.79 Å². The Morgan fingerprint density at radius 2 is 1.93 bits per heavy atom. The van der Waals surface area contributed by atoms with Gasteiger partial charge in [0, 0.05) is 6.04 Å². The molecule has 0 unspecified atom stereocenters. The van der Waals surface area contributed by atoms with Gasteiger partial charge in [0.25, 0.3) is 0 Å². The van der Waals surface area contributed by atoms with Crippen LogP contribution in [0.4, 0.5) is 0 Å². The molecule has 2 aromatic heterocycles. The second-order valence-electron chi connectivity index (χ2n) is 6.74. The molecule has 0 N–H and O–H groups in total. The number of aromatic nitrogens is 4. The second-order valence-corrected chi connectivity index (χ2v) is 7.52. The Balaban J connectivity index is 1.77. The summed E-state index contributed by atoms with van der Waals surface area (Å²) in [4.78, 5) is 14.5. The lowest BCUT2D eigenvalue weighted by Crippen LogP contribution is -2.39. The van der Waals surface area contributed by atoms with Crippen molar-refractivity contribution in [2.45, 2.75) is 46.8 Å². The molecule has 0 atom stereocenters. The summed E-state index contributed by atoms with van der Waals surface area (Å²) < 4.78 is 7.34. The Labute approximate surface area is 173 Å². The van der Waals surface area contributed by atoms with Crippen molar-refractivity contribution in [2.75, 3.05) is 0 Å². The maximum atomic E-state index is 12.9. The van der Waals surface area contributed by atoms with Gasteiger partial charge in [-0.05, 0) is 39.8 Å². The lowest BCUT2D eigenvalue weighted by atomic mass is 10.2. The van der Waals surface area contributed by atoms with E-state index in [1.54, 1.807) is 21.7 Å². The zero-order valence-corrected chi connectivity index (χ0v) is 17.6. The van der Waals surface area contributed by atoms with Crippen LogP contribution in [0.3, 0.4) is 0 Å². The molecule has 148 valence electrons. The highest BCUT2D eigenvalue weighted by atomic mass is 35.5. The summed E-state index contributed by atoms with van der Waals surface area (Å²) in [6.07, 6.45) is 0. The van der Waals surface area contributed by atoms with Gasteiger partial charge in [-0.3, -0.25) is 9.48 Å². The molecule has 3 rings (SSSR count). The molecule has 0 spiro atoms. The van der Waals surface area contributed by atoms with E-state index in [1.807, 2.05) is 39.8 Å². The second kappa shape index (κ2) is 8.32. The number of carbonyl (C=O) groups is 1. The quantitative estimate of drug-likeness (QED) is 0.592. The van der Waals surface area contributed by atoms with Crippen molar-refractivity contribution in [3.63, 3.8) is 0 Å². The monoisotopic (exact) mass is 421 g/mol. The number of hydrogen-bond acceptors (Lipinski definition) is 5. The van der Waals surface area contributed by atoms with Gasteiger partial charge < -0.3 is 9.32 Å². The number of halogens is 2. The molecule has 28 heavy (non-hydrogen) atoms. The van der Waals surface area contributed by atoms with Crippen LogP contribution in [-0.4, -0.2) is 36.8 Å². The molecule has 0 radical (unpaired) electrons. The summed E-state index contributed by atoms with van der Waals surface area (Å²) in [5.41, 5.74) is 2.11. The van der Waals surface area contributed by atoms with Gasteiger partial charge in [0.1, 0.15) is 6.54 Å². The van der Waals surface area contributed by atoms with Crippen molar-refractivity contribution in [3.8, 4) is 11.5 Å². The Hall–Kier alpha value is -2.38. The molecule has 0 aliphatic carbocycles. The number of nitrogens with zero attached hydrogens (tertiary/aromatic N) is 5. The number of hydrogen-bond donors (Lipinski definition) is 0. The smallest absolute Gasteiger partial charge is 0.249 e. The highest BCUT2D eigenvalue weighted by molar-refractivity contribution is 6.33. The minimum absolute atomic E-state index is 0.0596. The van der Waals surface area contributed by atoms with Gasteiger partial charge in [-0.25, -0.2) is 0 Å². The molecule has 9 heteroatoms. The first kappa shape index (κ1) is 20.4. The van der Waals surface area contributed by atoms with Gasteiger partial charge in [0.15, 0.2) is 0 Å². The summed E-state index contributed by atoms with van der Waals surface area (Å²) in [6, 6.07) is 7.17. The normalized spacial score (nSPS) is 11.2. The van der Waals surface area contributed by atoms with E-state index in [2.05, 4.69) is 15.3 Å². The highest BCUT2D eigenvalue weighted by Crippen LogP contribution is 2.26. The Kier molecular flexibility index (Phi) is 6.05. The van der Waals surface area contributed by atoms with Crippen LogP contribution in [0.2, 0.25) is 10.0 Å². The molecular weight excluding hydrogens is 401 g/mol. The van der Waals surface area contributed by atoms with E-state index in [0.29, 0.717) is 33.1 Å². The first-order valence-electron chi connectivity index (χ1n) is 8.84. The Morgan fingerprint density at radius 3 is 2.54 bits per heavy atom. The van der Waals surface area contributed by atoms with E-state index < -0.39 is 0 Å². The zero-order chi connectivity index (χ0) is 20.4. The van der Waals surface area contributed by atoms with Gasteiger partial charge in [-0.2, -0.15) is 5.10 Å². The third kappa shape index (κ3) is 4.20. The van der Waals surface area contributed by atoms with Crippen molar-refractivity contribution in [1.29, 1.82) is 0 Å². The van der Waals surface area contributed by atoms with Crippen LogP contribution in [0, 0.1) is 13.8 Å². The predicted molar refractivity (Wildman–Crippen MR) is 107 cm³/mol. The Bertz CT molecular complexity index is 996. The SMILES string of the molecule is Cc1nn(CC(=O)N(Cc2nnc(-c3ccccc3Cl)o2)C(C)C)c(C)c1Cl. The molecule has 0 bridgehead atoms. The molecule has 3 aromatic rings. The van der Waals surface area contributed by atoms with Crippen molar-refractivity contribution in [2.24, 2.45) is 0 Å². The fraction of sp³-hybridized carbons (Fsp3) is 0.368.